The third-order valence-electron chi connectivity index (χ3n) is 4.86. The van der Waals surface area contributed by atoms with Crippen LogP contribution < -0.4 is 5.32 Å². The Morgan fingerprint density at radius 3 is 2.90 bits per heavy atom. The first-order chi connectivity index (χ1) is 10.3. The molecule has 4 rings (SSSR count). The van der Waals surface area contributed by atoms with Gasteiger partial charge in [-0.05, 0) is 43.6 Å². The topological polar surface area (TPSA) is 48.1 Å². The molecule has 4 heteroatoms. The number of aromatic nitrogens is 1. The van der Waals surface area contributed by atoms with Crippen molar-refractivity contribution < 1.29 is 4.79 Å². The van der Waals surface area contributed by atoms with Crippen molar-refractivity contribution in [2.75, 3.05) is 26.2 Å². The summed E-state index contributed by atoms with van der Waals surface area (Å²) in [6.07, 6.45) is 6.06. The van der Waals surface area contributed by atoms with Crippen molar-refractivity contribution in [1.82, 2.24) is 15.2 Å². The number of hydrogen-bond acceptors (Lipinski definition) is 2. The zero-order valence-corrected chi connectivity index (χ0v) is 12.2. The quantitative estimate of drug-likeness (QED) is 0.889. The molecule has 1 aromatic carbocycles. The fourth-order valence-electron chi connectivity index (χ4n) is 3.76. The SMILES string of the molecule is O=C1NCC(CN2CCCCC2)c2c[nH]c3cccc1c23. The van der Waals surface area contributed by atoms with Gasteiger partial charge in [0, 0.05) is 41.7 Å². The van der Waals surface area contributed by atoms with Gasteiger partial charge in [-0.3, -0.25) is 4.79 Å². The van der Waals surface area contributed by atoms with Crippen molar-refractivity contribution in [3.05, 3.63) is 35.5 Å². The molecule has 1 aromatic heterocycles. The Bertz CT molecular complexity index is 670. The molecule has 2 aliphatic heterocycles. The van der Waals surface area contributed by atoms with Crippen molar-refractivity contribution in [3.8, 4) is 0 Å². The molecule has 0 bridgehead atoms. The van der Waals surface area contributed by atoms with Gasteiger partial charge < -0.3 is 15.2 Å². The van der Waals surface area contributed by atoms with Crippen LogP contribution >= 0.6 is 0 Å². The number of hydrogen-bond donors (Lipinski definition) is 2. The van der Waals surface area contributed by atoms with E-state index >= 15 is 0 Å². The van der Waals surface area contributed by atoms with E-state index in [1.54, 1.807) is 0 Å². The molecule has 1 fully saturated rings. The number of benzene rings is 1. The summed E-state index contributed by atoms with van der Waals surface area (Å²) >= 11 is 0. The summed E-state index contributed by atoms with van der Waals surface area (Å²) < 4.78 is 0. The molecule has 21 heavy (non-hydrogen) atoms. The van der Waals surface area contributed by atoms with Gasteiger partial charge in [0.2, 0.25) is 0 Å². The van der Waals surface area contributed by atoms with Crippen LogP contribution in [0.3, 0.4) is 0 Å². The first kappa shape index (κ1) is 12.9. The van der Waals surface area contributed by atoms with E-state index in [1.807, 2.05) is 12.1 Å². The molecule has 1 atom stereocenters. The van der Waals surface area contributed by atoms with Crippen LogP contribution in [0.15, 0.2) is 24.4 Å². The molecule has 0 aliphatic carbocycles. The van der Waals surface area contributed by atoms with E-state index in [1.165, 1.54) is 37.9 Å². The highest BCUT2D eigenvalue weighted by atomic mass is 16.1. The fraction of sp³-hybridized carbons (Fsp3) is 0.471. The van der Waals surface area contributed by atoms with Gasteiger partial charge >= 0.3 is 0 Å². The minimum atomic E-state index is 0.0580. The highest BCUT2D eigenvalue weighted by Crippen LogP contribution is 2.31. The van der Waals surface area contributed by atoms with Gasteiger partial charge in [-0.25, -0.2) is 0 Å². The number of aromatic amines is 1. The molecule has 0 spiro atoms. The maximum Gasteiger partial charge on any atom is 0.251 e. The van der Waals surface area contributed by atoms with E-state index in [9.17, 15) is 4.79 Å². The first-order valence-electron chi connectivity index (χ1n) is 7.93. The largest absolute Gasteiger partial charge is 0.361 e. The molecule has 4 nitrogen and oxygen atoms in total. The molecular formula is C17H21N3O. The molecule has 2 aromatic rings. The minimum absolute atomic E-state index is 0.0580. The lowest BCUT2D eigenvalue weighted by atomic mass is 9.96. The average Bonchev–Trinajstić information content (AvgIpc) is 2.90. The number of amides is 1. The van der Waals surface area contributed by atoms with Crippen LogP contribution in [0, 0.1) is 0 Å². The predicted octanol–water partition coefficient (Wildman–Crippen LogP) is 2.48. The molecule has 0 radical (unpaired) electrons. The summed E-state index contributed by atoms with van der Waals surface area (Å²) in [7, 11) is 0. The zero-order valence-electron chi connectivity index (χ0n) is 12.2. The second kappa shape index (κ2) is 5.19. The molecule has 3 heterocycles. The first-order valence-corrected chi connectivity index (χ1v) is 7.93. The number of carbonyl (C=O) groups excluding carboxylic acids is 1. The molecule has 2 N–H and O–H groups in total. The maximum atomic E-state index is 12.3. The van der Waals surface area contributed by atoms with Crippen molar-refractivity contribution in [3.63, 3.8) is 0 Å². The molecule has 110 valence electrons. The number of nitrogens with one attached hydrogen (secondary N) is 2. The summed E-state index contributed by atoms with van der Waals surface area (Å²) in [4.78, 5) is 18.2. The number of H-pyrrole nitrogens is 1. The van der Waals surface area contributed by atoms with Gasteiger partial charge in [-0.1, -0.05) is 12.5 Å². The van der Waals surface area contributed by atoms with Crippen LogP contribution in [0.2, 0.25) is 0 Å². The van der Waals surface area contributed by atoms with Crippen molar-refractivity contribution >= 4 is 16.8 Å². The number of carbonyl (C=O) groups is 1. The molecule has 2 aliphatic rings. The Hall–Kier alpha value is -1.81. The summed E-state index contributed by atoms with van der Waals surface area (Å²) in [5.41, 5.74) is 3.18. The Morgan fingerprint density at radius 2 is 2.05 bits per heavy atom. The van der Waals surface area contributed by atoms with Gasteiger partial charge in [0.15, 0.2) is 0 Å². The lowest BCUT2D eigenvalue weighted by Gasteiger charge is -2.30. The predicted molar refractivity (Wildman–Crippen MR) is 83.7 cm³/mol. The third-order valence-corrected chi connectivity index (χ3v) is 4.86. The van der Waals surface area contributed by atoms with Crippen LogP contribution in [-0.4, -0.2) is 42.0 Å². The Balaban J connectivity index is 1.71. The number of rotatable bonds is 2. The van der Waals surface area contributed by atoms with Crippen molar-refractivity contribution in [1.29, 1.82) is 0 Å². The van der Waals surface area contributed by atoms with E-state index < -0.39 is 0 Å². The maximum absolute atomic E-state index is 12.3. The normalized spacial score (nSPS) is 23.0. The third kappa shape index (κ3) is 2.23. The minimum Gasteiger partial charge on any atom is -0.361 e. The second-order valence-electron chi connectivity index (χ2n) is 6.24. The highest BCUT2D eigenvalue weighted by molar-refractivity contribution is 6.08. The van der Waals surface area contributed by atoms with E-state index in [-0.39, 0.29) is 5.91 Å². The van der Waals surface area contributed by atoms with Gasteiger partial charge in [0.05, 0.1) is 0 Å². The highest BCUT2D eigenvalue weighted by Gasteiger charge is 2.26. The van der Waals surface area contributed by atoms with E-state index in [0.29, 0.717) is 5.92 Å². The molecular weight excluding hydrogens is 262 g/mol. The summed E-state index contributed by atoms with van der Waals surface area (Å²) in [5, 5.41) is 4.22. The van der Waals surface area contributed by atoms with E-state index in [2.05, 4.69) is 27.5 Å². The smallest absolute Gasteiger partial charge is 0.251 e. The van der Waals surface area contributed by atoms with Crippen molar-refractivity contribution in [2.45, 2.75) is 25.2 Å². The Kier molecular flexibility index (Phi) is 3.19. The van der Waals surface area contributed by atoms with Gasteiger partial charge in [0.25, 0.3) is 5.91 Å². The second-order valence-corrected chi connectivity index (χ2v) is 6.24. The van der Waals surface area contributed by atoms with Crippen molar-refractivity contribution in [2.24, 2.45) is 0 Å². The van der Waals surface area contributed by atoms with Crippen LogP contribution in [0.5, 0.6) is 0 Å². The number of likely N-dealkylation sites (tertiary alicyclic amines) is 1. The molecule has 1 amide bonds. The van der Waals surface area contributed by atoms with Gasteiger partial charge in [-0.2, -0.15) is 0 Å². The van der Waals surface area contributed by atoms with Gasteiger partial charge in [0.1, 0.15) is 0 Å². The zero-order chi connectivity index (χ0) is 14.2. The standard InChI is InChI=1S/C17H21N3O/c21-17-13-5-4-6-15-16(13)14(10-18-15)12(9-19-17)11-20-7-2-1-3-8-20/h4-6,10,12,18H,1-3,7-9,11H2,(H,19,21). The van der Waals surface area contributed by atoms with E-state index in [0.717, 1.165) is 29.6 Å². The van der Waals surface area contributed by atoms with E-state index in [4.69, 9.17) is 0 Å². The van der Waals surface area contributed by atoms with Crippen LogP contribution in [0.4, 0.5) is 0 Å². The summed E-state index contributed by atoms with van der Waals surface area (Å²) in [6.45, 7) is 4.16. The Morgan fingerprint density at radius 1 is 1.19 bits per heavy atom. The molecule has 1 unspecified atom stereocenters. The fourth-order valence-corrected chi connectivity index (χ4v) is 3.76. The average molecular weight is 283 g/mol. The summed E-state index contributed by atoms with van der Waals surface area (Å²) in [5.74, 6) is 0.437. The number of nitrogens with zero attached hydrogens (tertiary/aromatic N) is 1. The van der Waals surface area contributed by atoms with Crippen LogP contribution in [0.1, 0.15) is 41.1 Å². The van der Waals surface area contributed by atoms with Crippen LogP contribution in [-0.2, 0) is 0 Å². The lowest BCUT2D eigenvalue weighted by Crippen LogP contribution is -2.37. The summed E-state index contributed by atoms with van der Waals surface area (Å²) in [6, 6.07) is 5.93. The Labute approximate surface area is 124 Å². The lowest BCUT2D eigenvalue weighted by molar-refractivity contribution is 0.0952. The molecule has 0 saturated carbocycles. The molecule has 1 saturated heterocycles. The van der Waals surface area contributed by atoms with Crippen LogP contribution in [0.25, 0.3) is 10.9 Å². The van der Waals surface area contributed by atoms with Gasteiger partial charge in [-0.15, -0.1) is 0 Å². The number of piperidine rings is 1. The monoisotopic (exact) mass is 283 g/mol.